The molecule has 0 aromatic carbocycles. The van der Waals surface area contributed by atoms with Crippen LogP contribution in [0.25, 0.3) is 0 Å². The molecule has 1 amide bonds. The summed E-state index contributed by atoms with van der Waals surface area (Å²) in [5, 5.41) is 12.3. The molecule has 2 saturated heterocycles. The van der Waals surface area contributed by atoms with Gasteiger partial charge in [0.2, 0.25) is 11.0 Å². The maximum atomic E-state index is 12.6. The van der Waals surface area contributed by atoms with Crippen LogP contribution >= 0.6 is 11.3 Å². The van der Waals surface area contributed by atoms with E-state index < -0.39 is 10.2 Å². The largest absolute Gasteiger partial charge is 0.299 e. The zero-order valence-electron chi connectivity index (χ0n) is 16.1. The van der Waals surface area contributed by atoms with Crippen molar-refractivity contribution < 1.29 is 13.2 Å². The van der Waals surface area contributed by atoms with E-state index in [2.05, 4.69) is 36.3 Å². The molecule has 0 radical (unpaired) electrons. The molecule has 11 heteroatoms. The third-order valence-corrected chi connectivity index (χ3v) is 8.03. The summed E-state index contributed by atoms with van der Waals surface area (Å²) in [6.45, 7) is 9.53. The van der Waals surface area contributed by atoms with Gasteiger partial charge < -0.3 is 0 Å². The number of nitrogens with one attached hydrogen (secondary N) is 1. The molecule has 3 rings (SSSR count). The number of hydrogen-bond donors (Lipinski definition) is 1. The van der Waals surface area contributed by atoms with Crippen molar-refractivity contribution in [3.8, 4) is 0 Å². The quantitative estimate of drug-likeness (QED) is 0.760. The smallest absolute Gasteiger partial charge is 0.282 e. The minimum Gasteiger partial charge on any atom is -0.299 e. The van der Waals surface area contributed by atoms with Gasteiger partial charge in [0.05, 0.1) is 6.54 Å². The van der Waals surface area contributed by atoms with Crippen molar-refractivity contribution in [2.45, 2.75) is 39.0 Å². The highest BCUT2D eigenvalue weighted by atomic mass is 32.2. The van der Waals surface area contributed by atoms with E-state index in [9.17, 15) is 13.2 Å². The van der Waals surface area contributed by atoms with Crippen molar-refractivity contribution in [3.63, 3.8) is 0 Å². The normalized spacial score (nSPS) is 20.9. The summed E-state index contributed by atoms with van der Waals surface area (Å²) in [5.74, 6) is -0.151. The van der Waals surface area contributed by atoms with Gasteiger partial charge in [-0.05, 0) is 12.8 Å². The van der Waals surface area contributed by atoms with Crippen LogP contribution in [0.5, 0.6) is 0 Å². The lowest BCUT2D eigenvalue weighted by atomic mass is 9.98. The van der Waals surface area contributed by atoms with Crippen LogP contribution in [-0.2, 0) is 20.4 Å². The molecule has 2 aliphatic rings. The van der Waals surface area contributed by atoms with Crippen LogP contribution < -0.4 is 5.32 Å². The van der Waals surface area contributed by atoms with E-state index in [1.165, 1.54) is 15.6 Å². The molecular weight excluding hydrogens is 388 g/mol. The Labute approximate surface area is 164 Å². The number of carbonyl (C=O) groups excluding carboxylic acids is 1. The van der Waals surface area contributed by atoms with Gasteiger partial charge in [-0.3, -0.25) is 15.0 Å². The van der Waals surface area contributed by atoms with Crippen molar-refractivity contribution in [2.24, 2.45) is 0 Å². The Kier molecular flexibility index (Phi) is 6.16. The fourth-order valence-corrected chi connectivity index (χ4v) is 5.63. The first-order valence-corrected chi connectivity index (χ1v) is 11.5. The summed E-state index contributed by atoms with van der Waals surface area (Å²) in [5.41, 5.74) is -0.0994. The minimum absolute atomic E-state index is 0.0994. The molecule has 0 saturated carbocycles. The Morgan fingerprint density at radius 2 is 1.63 bits per heavy atom. The lowest BCUT2D eigenvalue weighted by molar-refractivity contribution is -0.117. The first-order chi connectivity index (χ1) is 12.7. The summed E-state index contributed by atoms with van der Waals surface area (Å²) >= 11 is 1.38. The third kappa shape index (κ3) is 5.02. The predicted octanol–water partition coefficient (Wildman–Crippen LogP) is 0.732. The first kappa shape index (κ1) is 20.6. The van der Waals surface area contributed by atoms with Crippen molar-refractivity contribution in [2.75, 3.05) is 51.1 Å². The van der Waals surface area contributed by atoms with Gasteiger partial charge in [-0.1, -0.05) is 32.1 Å². The highest BCUT2D eigenvalue weighted by molar-refractivity contribution is 7.86. The van der Waals surface area contributed by atoms with E-state index in [-0.39, 0.29) is 17.9 Å². The number of nitrogens with zero attached hydrogens (tertiary/aromatic N) is 5. The predicted molar refractivity (Wildman–Crippen MR) is 105 cm³/mol. The van der Waals surface area contributed by atoms with Crippen molar-refractivity contribution in [3.05, 3.63) is 5.01 Å². The first-order valence-electron chi connectivity index (χ1n) is 9.28. The molecule has 0 aliphatic carbocycles. The van der Waals surface area contributed by atoms with Crippen LogP contribution in [0, 0.1) is 0 Å². The van der Waals surface area contributed by atoms with Crippen molar-refractivity contribution in [1.29, 1.82) is 0 Å². The van der Waals surface area contributed by atoms with Gasteiger partial charge in [0.1, 0.15) is 5.01 Å². The molecular formula is C16H28N6O3S2. The van der Waals surface area contributed by atoms with Crippen molar-refractivity contribution >= 4 is 32.6 Å². The van der Waals surface area contributed by atoms with E-state index in [1.54, 1.807) is 4.31 Å². The van der Waals surface area contributed by atoms with Crippen molar-refractivity contribution in [1.82, 2.24) is 23.7 Å². The summed E-state index contributed by atoms with van der Waals surface area (Å²) in [7, 11) is -3.35. The Hall–Kier alpha value is -1.14. The van der Waals surface area contributed by atoms with Gasteiger partial charge in [-0.2, -0.15) is 17.0 Å². The summed E-state index contributed by atoms with van der Waals surface area (Å²) in [6.07, 6.45) is 1.86. The minimum atomic E-state index is -3.35. The average Bonchev–Trinajstić information content (AvgIpc) is 3.26. The van der Waals surface area contributed by atoms with Gasteiger partial charge in [0.25, 0.3) is 10.2 Å². The third-order valence-electron chi connectivity index (χ3n) is 4.73. The lowest BCUT2D eigenvalue weighted by Crippen LogP contribution is -2.53. The SMILES string of the molecule is CC(C)(C)c1nnc(NC(=O)CN2CCN(S(=O)(=O)N3CCCC3)CC2)s1. The molecule has 0 bridgehead atoms. The lowest BCUT2D eigenvalue weighted by Gasteiger charge is -2.35. The topological polar surface area (TPSA) is 98.7 Å². The van der Waals surface area contributed by atoms with Gasteiger partial charge in [-0.25, -0.2) is 0 Å². The molecule has 1 aromatic rings. The fourth-order valence-electron chi connectivity index (χ4n) is 3.14. The van der Waals surface area contributed by atoms with E-state index in [0.29, 0.717) is 44.4 Å². The zero-order chi connectivity index (χ0) is 19.7. The molecule has 0 spiro atoms. The van der Waals surface area contributed by atoms with Crippen LogP contribution in [0.3, 0.4) is 0 Å². The number of anilines is 1. The molecule has 1 aromatic heterocycles. The second kappa shape index (κ2) is 8.08. The second-order valence-corrected chi connectivity index (χ2v) is 10.9. The summed E-state index contributed by atoms with van der Waals surface area (Å²) in [6, 6.07) is 0. The average molecular weight is 417 g/mol. The van der Waals surface area contributed by atoms with E-state index in [1.807, 2.05) is 4.90 Å². The number of hydrogen-bond acceptors (Lipinski definition) is 7. The van der Waals surface area contributed by atoms with Gasteiger partial charge in [-0.15, -0.1) is 10.2 Å². The van der Waals surface area contributed by atoms with E-state index in [4.69, 9.17) is 0 Å². The molecule has 152 valence electrons. The molecule has 9 nitrogen and oxygen atoms in total. The van der Waals surface area contributed by atoms with E-state index in [0.717, 1.165) is 17.8 Å². The van der Waals surface area contributed by atoms with Crippen LogP contribution in [0.1, 0.15) is 38.6 Å². The van der Waals surface area contributed by atoms with Crippen LogP contribution in [0.4, 0.5) is 5.13 Å². The monoisotopic (exact) mass is 416 g/mol. The van der Waals surface area contributed by atoms with Crippen LogP contribution in [-0.4, -0.2) is 83.8 Å². The molecule has 3 heterocycles. The fraction of sp³-hybridized carbons (Fsp3) is 0.812. The Morgan fingerprint density at radius 1 is 1.04 bits per heavy atom. The van der Waals surface area contributed by atoms with Crippen LogP contribution in [0.15, 0.2) is 0 Å². The number of piperazine rings is 1. The summed E-state index contributed by atoms with van der Waals surface area (Å²) in [4.78, 5) is 14.2. The molecule has 0 atom stereocenters. The Bertz CT molecular complexity index is 759. The second-order valence-electron chi connectivity index (χ2n) is 8.00. The molecule has 2 fully saturated rings. The van der Waals surface area contributed by atoms with Gasteiger partial charge in [0, 0.05) is 44.7 Å². The number of carbonyl (C=O) groups is 1. The molecule has 0 unspecified atom stereocenters. The Balaban J connectivity index is 1.47. The number of aromatic nitrogens is 2. The number of rotatable bonds is 5. The highest BCUT2D eigenvalue weighted by Gasteiger charge is 2.34. The Morgan fingerprint density at radius 3 is 2.19 bits per heavy atom. The maximum absolute atomic E-state index is 12.6. The standard InChI is InChI=1S/C16H28N6O3S2/c1-16(2,3)14-18-19-15(26-14)17-13(23)12-20-8-10-22(11-9-20)27(24,25)21-6-4-5-7-21/h4-12H2,1-3H3,(H,17,19,23). The van der Waals surface area contributed by atoms with Gasteiger partial charge >= 0.3 is 0 Å². The highest BCUT2D eigenvalue weighted by Crippen LogP contribution is 2.27. The summed E-state index contributed by atoms with van der Waals surface area (Å²) < 4.78 is 28.3. The molecule has 27 heavy (non-hydrogen) atoms. The molecule has 1 N–H and O–H groups in total. The van der Waals surface area contributed by atoms with Gasteiger partial charge in [0.15, 0.2) is 0 Å². The van der Waals surface area contributed by atoms with Crippen LogP contribution in [0.2, 0.25) is 0 Å². The number of amides is 1. The van der Waals surface area contributed by atoms with E-state index >= 15 is 0 Å². The maximum Gasteiger partial charge on any atom is 0.282 e. The molecule has 2 aliphatic heterocycles. The zero-order valence-corrected chi connectivity index (χ0v) is 17.8.